The second kappa shape index (κ2) is 5.35. The maximum absolute atomic E-state index is 13.0. The molecule has 6 nitrogen and oxygen atoms in total. The summed E-state index contributed by atoms with van der Waals surface area (Å²) >= 11 is 0. The van der Waals surface area contributed by atoms with Crippen LogP contribution in [0.2, 0.25) is 0 Å². The molecule has 2 N–H and O–H groups in total. The van der Waals surface area contributed by atoms with Crippen molar-refractivity contribution in [1.29, 1.82) is 0 Å². The van der Waals surface area contributed by atoms with Gasteiger partial charge in [-0.25, -0.2) is 9.18 Å². The molecule has 102 valence electrons. The van der Waals surface area contributed by atoms with Crippen LogP contribution in [-0.2, 0) is 0 Å². The number of halogens is 1. The van der Waals surface area contributed by atoms with Crippen LogP contribution < -0.4 is 5.32 Å². The molecular formula is C13H9FN2O4. The molecule has 0 spiro atoms. The van der Waals surface area contributed by atoms with Gasteiger partial charge in [0.05, 0.1) is 16.6 Å². The highest BCUT2D eigenvalue weighted by atomic mass is 19.1. The van der Waals surface area contributed by atoms with E-state index in [0.29, 0.717) is 5.69 Å². The summed E-state index contributed by atoms with van der Waals surface area (Å²) in [5.74, 6) is -1.77. The Morgan fingerprint density at radius 3 is 2.40 bits per heavy atom. The molecule has 0 saturated heterocycles. The summed E-state index contributed by atoms with van der Waals surface area (Å²) in [7, 11) is 0. The Morgan fingerprint density at radius 2 is 1.85 bits per heavy atom. The number of anilines is 2. The van der Waals surface area contributed by atoms with Crippen LogP contribution in [0.15, 0.2) is 42.5 Å². The second-order valence-corrected chi connectivity index (χ2v) is 3.93. The third-order valence-electron chi connectivity index (χ3n) is 2.57. The average molecular weight is 276 g/mol. The first kappa shape index (κ1) is 13.5. The molecule has 0 aromatic heterocycles. The number of nitrogens with zero attached hydrogens (tertiary/aromatic N) is 1. The topological polar surface area (TPSA) is 92.5 Å². The Hall–Kier alpha value is -2.96. The van der Waals surface area contributed by atoms with E-state index in [1.54, 1.807) is 0 Å². The fraction of sp³-hybridized carbons (Fsp3) is 0. The maximum Gasteiger partial charge on any atom is 0.335 e. The zero-order valence-corrected chi connectivity index (χ0v) is 10.0. The Labute approximate surface area is 112 Å². The fourth-order valence-corrected chi connectivity index (χ4v) is 1.61. The summed E-state index contributed by atoms with van der Waals surface area (Å²) in [6.45, 7) is 0. The lowest BCUT2D eigenvalue weighted by Gasteiger charge is -2.07. The number of nitrogens with one attached hydrogen (secondary N) is 1. The van der Waals surface area contributed by atoms with E-state index < -0.39 is 22.4 Å². The van der Waals surface area contributed by atoms with Gasteiger partial charge in [-0.2, -0.15) is 0 Å². The van der Waals surface area contributed by atoms with Crippen molar-refractivity contribution < 1.29 is 19.2 Å². The molecular weight excluding hydrogens is 267 g/mol. The number of carbonyl (C=O) groups is 1. The zero-order valence-electron chi connectivity index (χ0n) is 10.0. The highest BCUT2D eigenvalue weighted by Crippen LogP contribution is 2.28. The number of nitro benzene ring substituents is 1. The minimum atomic E-state index is -1.07. The van der Waals surface area contributed by atoms with E-state index in [0.717, 1.165) is 12.1 Å². The van der Waals surface area contributed by atoms with Gasteiger partial charge in [-0.15, -0.1) is 0 Å². The van der Waals surface area contributed by atoms with Crippen molar-refractivity contribution in [2.75, 3.05) is 5.32 Å². The minimum Gasteiger partial charge on any atom is -0.478 e. The SMILES string of the molecule is O=C(O)c1ccc(Nc2ccc(F)cc2[N+](=O)[O-])cc1. The molecule has 7 heteroatoms. The van der Waals surface area contributed by atoms with Crippen molar-refractivity contribution in [1.82, 2.24) is 0 Å². The van der Waals surface area contributed by atoms with Crippen LogP contribution in [0.3, 0.4) is 0 Å². The van der Waals surface area contributed by atoms with Crippen molar-refractivity contribution >= 4 is 23.0 Å². The molecule has 0 saturated carbocycles. The van der Waals surface area contributed by atoms with Crippen LogP contribution in [0, 0.1) is 15.9 Å². The lowest BCUT2D eigenvalue weighted by molar-refractivity contribution is -0.384. The van der Waals surface area contributed by atoms with Crippen molar-refractivity contribution in [2.45, 2.75) is 0 Å². The van der Waals surface area contributed by atoms with E-state index >= 15 is 0 Å². The predicted octanol–water partition coefficient (Wildman–Crippen LogP) is 3.18. The van der Waals surface area contributed by atoms with Crippen molar-refractivity contribution in [3.63, 3.8) is 0 Å². The van der Waals surface area contributed by atoms with E-state index in [4.69, 9.17) is 5.11 Å². The predicted molar refractivity (Wildman–Crippen MR) is 69.7 cm³/mol. The van der Waals surface area contributed by atoms with Gasteiger partial charge in [0, 0.05) is 5.69 Å². The van der Waals surface area contributed by atoms with Gasteiger partial charge in [0.1, 0.15) is 11.5 Å². The molecule has 0 aliphatic heterocycles. The van der Waals surface area contributed by atoms with Gasteiger partial charge in [-0.3, -0.25) is 10.1 Å². The molecule has 0 aliphatic rings. The first-order valence-corrected chi connectivity index (χ1v) is 5.51. The summed E-state index contributed by atoms with van der Waals surface area (Å²) in [6.07, 6.45) is 0. The first-order valence-electron chi connectivity index (χ1n) is 5.51. The molecule has 0 radical (unpaired) electrons. The van der Waals surface area contributed by atoms with E-state index in [1.807, 2.05) is 0 Å². The number of nitro groups is 1. The summed E-state index contributed by atoms with van der Waals surface area (Å²) in [4.78, 5) is 20.8. The highest BCUT2D eigenvalue weighted by Gasteiger charge is 2.15. The molecule has 0 heterocycles. The number of carboxylic acid groups (broad SMARTS) is 1. The summed E-state index contributed by atoms with van der Waals surface area (Å²) < 4.78 is 13.0. The van der Waals surface area contributed by atoms with Gasteiger partial charge < -0.3 is 10.4 Å². The monoisotopic (exact) mass is 276 g/mol. The first-order chi connectivity index (χ1) is 9.47. The Morgan fingerprint density at radius 1 is 1.20 bits per heavy atom. The molecule has 0 aliphatic carbocycles. The van der Waals surface area contributed by atoms with Crippen LogP contribution in [0.5, 0.6) is 0 Å². The minimum absolute atomic E-state index is 0.101. The summed E-state index contributed by atoms with van der Waals surface area (Å²) in [6, 6.07) is 8.82. The van der Waals surface area contributed by atoms with Gasteiger partial charge in [-0.1, -0.05) is 0 Å². The van der Waals surface area contributed by atoms with E-state index in [9.17, 15) is 19.3 Å². The third kappa shape index (κ3) is 2.89. The maximum atomic E-state index is 13.0. The van der Waals surface area contributed by atoms with E-state index in [-0.39, 0.29) is 11.3 Å². The Kier molecular flexibility index (Phi) is 3.60. The highest BCUT2D eigenvalue weighted by molar-refractivity contribution is 5.88. The summed E-state index contributed by atoms with van der Waals surface area (Å²) in [5.41, 5.74) is 0.292. The standard InChI is InChI=1S/C13H9FN2O4/c14-9-3-6-11(12(7-9)16(19)20)15-10-4-1-8(2-5-10)13(17)18/h1-7,15H,(H,17,18). The number of aromatic carboxylic acids is 1. The van der Waals surface area contributed by atoms with Crippen LogP contribution >= 0.6 is 0 Å². The van der Waals surface area contributed by atoms with Gasteiger partial charge >= 0.3 is 5.97 Å². The largest absolute Gasteiger partial charge is 0.478 e. The molecule has 0 bridgehead atoms. The molecule has 0 atom stereocenters. The zero-order chi connectivity index (χ0) is 14.7. The number of hydrogen-bond acceptors (Lipinski definition) is 4. The lowest BCUT2D eigenvalue weighted by atomic mass is 10.2. The molecule has 0 unspecified atom stereocenters. The van der Waals surface area contributed by atoms with Crippen molar-refractivity contribution in [3.05, 3.63) is 64.0 Å². The lowest BCUT2D eigenvalue weighted by Crippen LogP contribution is -1.99. The van der Waals surface area contributed by atoms with Gasteiger partial charge in [0.2, 0.25) is 0 Å². The van der Waals surface area contributed by atoms with Crippen LogP contribution in [-0.4, -0.2) is 16.0 Å². The molecule has 20 heavy (non-hydrogen) atoms. The van der Waals surface area contributed by atoms with Crippen LogP contribution in [0.4, 0.5) is 21.5 Å². The average Bonchev–Trinajstić information content (AvgIpc) is 2.41. The van der Waals surface area contributed by atoms with Crippen molar-refractivity contribution in [3.8, 4) is 0 Å². The van der Waals surface area contributed by atoms with E-state index in [2.05, 4.69) is 5.32 Å². The Balaban J connectivity index is 2.30. The Bertz CT molecular complexity index is 671. The third-order valence-corrected chi connectivity index (χ3v) is 2.57. The van der Waals surface area contributed by atoms with Gasteiger partial charge in [0.25, 0.3) is 5.69 Å². The van der Waals surface area contributed by atoms with E-state index in [1.165, 1.54) is 30.3 Å². The van der Waals surface area contributed by atoms with Gasteiger partial charge in [-0.05, 0) is 36.4 Å². The quantitative estimate of drug-likeness (QED) is 0.660. The molecule has 2 aromatic carbocycles. The normalized spacial score (nSPS) is 10.1. The summed E-state index contributed by atoms with van der Waals surface area (Å²) in [5, 5.41) is 22.3. The molecule has 0 amide bonds. The van der Waals surface area contributed by atoms with Gasteiger partial charge in [0.15, 0.2) is 0 Å². The number of benzene rings is 2. The molecule has 0 fully saturated rings. The number of hydrogen-bond donors (Lipinski definition) is 2. The second-order valence-electron chi connectivity index (χ2n) is 3.93. The smallest absolute Gasteiger partial charge is 0.335 e. The number of carboxylic acids is 1. The van der Waals surface area contributed by atoms with Crippen LogP contribution in [0.1, 0.15) is 10.4 Å². The number of rotatable bonds is 4. The fourth-order valence-electron chi connectivity index (χ4n) is 1.61. The van der Waals surface area contributed by atoms with Crippen LogP contribution in [0.25, 0.3) is 0 Å². The molecule has 2 rings (SSSR count). The molecule has 2 aromatic rings. The van der Waals surface area contributed by atoms with Crippen molar-refractivity contribution in [2.24, 2.45) is 0 Å².